The Morgan fingerprint density at radius 3 is 2.34 bits per heavy atom. The fourth-order valence-corrected chi connectivity index (χ4v) is 6.40. The van der Waals surface area contributed by atoms with Gasteiger partial charge in [0.15, 0.2) is 0 Å². The maximum Gasteiger partial charge on any atom is 0.232 e. The average Bonchev–Trinajstić information content (AvgIpc) is 3.06. The van der Waals surface area contributed by atoms with E-state index in [1.165, 1.54) is 0 Å². The third-order valence-corrected chi connectivity index (χ3v) is 9.23. The highest BCUT2D eigenvalue weighted by atomic mass is 35.5. The van der Waals surface area contributed by atoms with Gasteiger partial charge in [-0.15, -0.1) is 0 Å². The van der Waals surface area contributed by atoms with Crippen LogP contribution in [0.1, 0.15) is 51.4 Å². The Kier molecular flexibility index (Phi) is 5.44. The monoisotopic (exact) mass is 476 g/mol. The van der Waals surface area contributed by atoms with E-state index in [2.05, 4.69) is 31.0 Å². The smallest absolute Gasteiger partial charge is 0.232 e. The molecule has 6 nitrogen and oxygen atoms in total. The number of halogens is 2. The van der Waals surface area contributed by atoms with E-state index in [0.717, 1.165) is 69.0 Å². The van der Waals surface area contributed by atoms with Gasteiger partial charge in [0.25, 0.3) is 0 Å². The molecule has 1 aromatic heterocycles. The SMILES string of the molecule is CC12CCC(C(=O)NCCCN3CCOCC3)(c3nc4cc(Cl)c(Cl)cc4nc31)C2(C)C. The van der Waals surface area contributed by atoms with Crippen molar-refractivity contribution in [3.63, 3.8) is 0 Å². The van der Waals surface area contributed by atoms with Gasteiger partial charge in [0.05, 0.1) is 51.1 Å². The summed E-state index contributed by atoms with van der Waals surface area (Å²) in [7, 11) is 0. The quantitative estimate of drug-likeness (QED) is 0.657. The van der Waals surface area contributed by atoms with E-state index in [-0.39, 0.29) is 16.7 Å². The van der Waals surface area contributed by atoms with Gasteiger partial charge in [-0.1, -0.05) is 44.0 Å². The molecule has 172 valence electrons. The molecule has 5 rings (SSSR count). The number of hydrogen-bond acceptors (Lipinski definition) is 5. The zero-order chi connectivity index (χ0) is 22.7. The first kappa shape index (κ1) is 22.3. The molecule has 1 saturated carbocycles. The van der Waals surface area contributed by atoms with Crippen molar-refractivity contribution in [2.75, 3.05) is 39.4 Å². The Bertz CT molecular complexity index is 1090. The number of benzene rings is 1. The molecule has 1 saturated heterocycles. The molecule has 0 radical (unpaired) electrons. The average molecular weight is 477 g/mol. The molecule has 2 aliphatic carbocycles. The maximum absolute atomic E-state index is 13.8. The minimum Gasteiger partial charge on any atom is -0.379 e. The van der Waals surface area contributed by atoms with E-state index in [1.807, 2.05) is 0 Å². The number of fused-ring (bicyclic) bond motifs is 6. The number of nitrogens with one attached hydrogen (secondary N) is 1. The summed E-state index contributed by atoms with van der Waals surface area (Å²) in [5, 5.41) is 4.17. The number of carbonyl (C=O) groups is 1. The molecule has 2 heterocycles. The fraction of sp³-hybridized carbons (Fsp3) is 0.625. The first-order chi connectivity index (χ1) is 15.2. The molecule has 2 bridgehead atoms. The lowest BCUT2D eigenvalue weighted by Gasteiger charge is -2.39. The predicted octanol–water partition coefficient (Wildman–Crippen LogP) is 4.10. The van der Waals surface area contributed by atoms with Crippen LogP contribution in [0.25, 0.3) is 11.0 Å². The van der Waals surface area contributed by atoms with Gasteiger partial charge in [0, 0.05) is 25.0 Å². The number of rotatable bonds is 5. The molecule has 1 aliphatic heterocycles. The van der Waals surface area contributed by atoms with E-state index in [0.29, 0.717) is 22.1 Å². The number of amides is 1. The minimum atomic E-state index is -0.691. The lowest BCUT2D eigenvalue weighted by molar-refractivity contribution is -0.130. The third-order valence-electron chi connectivity index (χ3n) is 8.51. The molecule has 2 fully saturated rings. The van der Waals surface area contributed by atoms with Crippen LogP contribution in [0.2, 0.25) is 10.0 Å². The van der Waals surface area contributed by atoms with Crippen molar-refractivity contribution in [3.05, 3.63) is 33.6 Å². The van der Waals surface area contributed by atoms with Crippen LogP contribution in [-0.2, 0) is 20.4 Å². The van der Waals surface area contributed by atoms with E-state index < -0.39 is 5.41 Å². The second kappa shape index (κ2) is 7.79. The molecule has 1 aromatic carbocycles. The van der Waals surface area contributed by atoms with Gasteiger partial charge < -0.3 is 10.1 Å². The van der Waals surface area contributed by atoms with E-state index >= 15 is 0 Å². The zero-order valence-corrected chi connectivity index (χ0v) is 20.4. The van der Waals surface area contributed by atoms with Crippen molar-refractivity contribution in [2.45, 2.75) is 50.9 Å². The second-order valence-electron chi connectivity index (χ2n) is 10.1. The van der Waals surface area contributed by atoms with Crippen LogP contribution in [0.15, 0.2) is 12.1 Å². The topological polar surface area (TPSA) is 67.4 Å². The normalized spacial score (nSPS) is 28.8. The van der Waals surface area contributed by atoms with E-state index in [1.54, 1.807) is 12.1 Å². The third kappa shape index (κ3) is 3.03. The molecule has 0 spiro atoms. The van der Waals surface area contributed by atoms with Gasteiger partial charge in [-0.05, 0) is 43.4 Å². The van der Waals surface area contributed by atoms with Crippen molar-refractivity contribution in [3.8, 4) is 0 Å². The first-order valence-electron chi connectivity index (χ1n) is 11.5. The maximum atomic E-state index is 13.8. The number of hydrogen-bond donors (Lipinski definition) is 1. The number of ether oxygens (including phenoxy) is 1. The van der Waals surface area contributed by atoms with E-state index in [4.69, 9.17) is 37.9 Å². The Hall–Kier alpha value is -1.47. The minimum absolute atomic E-state index is 0.0701. The molecule has 8 heteroatoms. The van der Waals surface area contributed by atoms with Crippen LogP contribution in [0.5, 0.6) is 0 Å². The van der Waals surface area contributed by atoms with Gasteiger partial charge in [0.2, 0.25) is 5.91 Å². The molecule has 2 unspecified atom stereocenters. The van der Waals surface area contributed by atoms with Crippen molar-refractivity contribution < 1.29 is 9.53 Å². The summed E-state index contributed by atoms with van der Waals surface area (Å²) in [6, 6.07) is 3.52. The number of nitrogens with zero attached hydrogens (tertiary/aromatic N) is 3. The molecule has 3 aliphatic rings. The second-order valence-corrected chi connectivity index (χ2v) is 10.9. The Morgan fingerprint density at radius 2 is 1.69 bits per heavy atom. The Balaban J connectivity index is 1.44. The van der Waals surface area contributed by atoms with Crippen LogP contribution < -0.4 is 5.32 Å². The zero-order valence-electron chi connectivity index (χ0n) is 18.9. The molecule has 1 N–H and O–H groups in total. The highest BCUT2D eigenvalue weighted by molar-refractivity contribution is 6.42. The summed E-state index contributed by atoms with van der Waals surface area (Å²) in [5.74, 6) is 0.0701. The van der Waals surface area contributed by atoms with Crippen LogP contribution in [0, 0.1) is 5.41 Å². The predicted molar refractivity (Wildman–Crippen MR) is 126 cm³/mol. The van der Waals surface area contributed by atoms with Crippen LogP contribution in [0.3, 0.4) is 0 Å². The van der Waals surface area contributed by atoms with Crippen molar-refractivity contribution in [2.24, 2.45) is 5.41 Å². The standard InChI is InChI=1S/C24H30Cl2N4O2/c1-22(2)23(3)5-6-24(22,21(31)27-7-4-8-30-9-11-32-12-10-30)20-19(23)28-17-13-15(25)16(26)14-18(17)29-20/h13-14H,4-12H2,1-3H3,(H,27,31). The molecular weight excluding hydrogens is 447 g/mol. The fourth-order valence-electron chi connectivity index (χ4n) is 6.08. The van der Waals surface area contributed by atoms with E-state index in [9.17, 15) is 4.79 Å². The molecule has 2 atom stereocenters. The summed E-state index contributed by atoms with van der Waals surface area (Å²) in [4.78, 5) is 26.2. The summed E-state index contributed by atoms with van der Waals surface area (Å²) in [5.41, 5.74) is 1.94. The highest BCUT2D eigenvalue weighted by Crippen LogP contribution is 2.70. The van der Waals surface area contributed by atoms with Crippen molar-refractivity contribution >= 4 is 40.1 Å². The van der Waals surface area contributed by atoms with Crippen LogP contribution in [-0.4, -0.2) is 60.2 Å². The highest BCUT2D eigenvalue weighted by Gasteiger charge is 2.73. The van der Waals surface area contributed by atoms with Crippen LogP contribution in [0.4, 0.5) is 0 Å². The van der Waals surface area contributed by atoms with Crippen molar-refractivity contribution in [1.82, 2.24) is 20.2 Å². The van der Waals surface area contributed by atoms with Gasteiger partial charge in [-0.3, -0.25) is 9.69 Å². The molecule has 32 heavy (non-hydrogen) atoms. The molecular formula is C24H30Cl2N4O2. The Labute approximate surface area is 199 Å². The lowest BCUT2D eigenvalue weighted by atomic mass is 9.63. The Morgan fingerprint density at radius 1 is 1.06 bits per heavy atom. The first-order valence-corrected chi connectivity index (χ1v) is 12.2. The summed E-state index contributed by atoms with van der Waals surface area (Å²) in [6.07, 6.45) is 2.61. The van der Waals surface area contributed by atoms with Crippen LogP contribution >= 0.6 is 23.2 Å². The van der Waals surface area contributed by atoms with Gasteiger partial charge >= 0.3 is 0 Å². The largest absolute Gasteiger partial charge is 0.379 e. The van der Waals surface area contributed by atoms with Gasteiger partial charge in [0.1, 0.15) is 0 Å². The van der Waals surface area contributed by atoms with Gasteiger partial charge in [-0.2, -0.15) is 0 Å². The molecule has 1 amide bonds. The van der Waals surface area contributed by atoms with Crippen molar-refractivity contribution in [1.29, 1.82) is 0 Å². The number of aromatic nitrogens is 2. The number of carbonyl (C=O) groups excluding carboxylic acids is 1. The van der Waals surface area contributed by atoms with Gasteiger partial charge in [-0.25, -0.2) is 9.97 Å². The lowest BCUT2D eigenvalue weighted by Crippen LogP contribution is -2.51. The summed E-state index contributed by atoms with van der Waals surface area (Å²) >= 11 is 12.5. The summed E-state index contributed by atoms with van der Waals surface area (Å²) < 4.78 is 5.41. The molecule has 2 aromatic rings. The number of morpholine rings is 1. The summed E-state index contributed by atoms with van der Waals surface area (Å²) in [6.45, 7) is 11.8.